The van der Waals surface area contributed by atoms with Gasteiger partial charge in [0.1, 0.15) is 12.1 Å². The first-order valence-electron chi connectivity index (χ1n) is 8.10. The third-order valence-electron chi connectivity index (χ3n) is 4.53. The third kappa shape index (κ3) is 2.65. The van der Waals surface area contributed by atoms with Crippen molar-refractivity contribution in [1.29, 1.82) is 0 Å². The summed E-state index contributed by atoms with van der Waals surface area (Å²) in [5.41, 5.74) is 2.52. The predicted molar refractivity (Wildman–Crippen MR) is 90.8 cm³/mol. The molecule has 0 saturated heterocycles. The monoisotopic (exact) mass is 322 g/mol. The fraction of sp³-hybridized carbons (Fsp3) is 0.278. The van der Waals surface area contributed by atoms with E-state index < -0.39 is 6.10 Å². The quantitative estimate of drug-likeness (QED) is 0.776. The van der Waals surface area contributed by atoms with Crippen molar-refractivity contribution in [2.75, 3.05) is 5.32 Å². The first-order valence-corrected chi connectivity index (χ1v) is 8.10. The Hall–Kier alpha value is -2.73. The number of benzene rings is 1. The largest absolute Gasteiger partial charge is 0.392 e. The van der Waals surface area contributed by atoms with Gasteiger partial charge in [0.15, 0.2) is 0 Å². The Balaban J connectivity index is 1.53. The van der Waals surface area contributed by atoms with Crippen molar-refractivity contribution in [1.82, 2.24) is 14.5 Å². The van der Waals surface area contributed by atoms with Crippen LogP contribution in [0.25, 0.3) is 16.9 Å². The molecule has 24 heavy (non-hydrogen) atoms. The van der Waals surface area contributed by atoms with Gasteiger partial charge in [0, 0.05) is 0 Å². The highest BCUT2D eigenvalue weighted by Gasteiger charge is 2.31. The van der Waals surface area contributed by atoms with E-state index in [2.05, 4.69) is 15.3 Å². The van der Waals surface area contributed by atoms with Gasteiger partial charge in [-0.05, 0) is 43.5 Å². The zero-order valence-corrected chi connectivity index (χ0v) is 13.1. The summed E-state index contributed by atoms with van der Waals surface area (Å²) in [6.45, 7) is 0. The molecule has 2 aromatic heterocycles. The first-order chi connectivity index (χ1) is 11.7. The van der Waals surface area contributed by atoms with E-state index in [4.69, 9.17) is 0 Å². The Morgan fingerprint density at radius 2 is 2.04 bits per heavy atom. The number of amides is 1. The number of aliphatic hydroxyl groups excluding tert-OH is 1. The first kappa shape index (κ1) is 14.8. The number of carbonyl (C=O) groups excluding carboxylic acids is 1. The number of nitrogens with one attached hydrogen (secondary N) is 1. The second-order valence-electron chi connectivity index (χ2n) is 6.10. The maximum Gasteiger partial charge on any atom is 0.230 e. The molecule has 0 bridgehead atoms. The summed E-state index contributed by atoms with van der Waals surface area (Å²) >= 11 is 0. The van der Waals surface area contributed by atoms with E-state index >= 15 is 0 Å². The van der Waals surface area contributed by atoms with Gasteiger partial charge in [-0.3, -0.25) is 9.36 Å². The minimum Gasteiger partial charge on any atom is -0.392 e. The van der Waals surface area contributed by atoms with E-state index in [1.807, 2.05) is 41.0 Å². The highest BCUT2D eigenvalue weighted by molar-refractivity contribution is 5.93. The normalized spacial score (nSPS) is 20.4. The molecule has 2 heterocycles. The van der Waals surface area contributed by atoms with Crippen LogP contribution in [0.2, 0.25) is 0 Å². The van der Waals surface area contributed by atoms with Crippen LogP contribution < -0.4 is 5.32 Å². The van der Waals surface area contributed by atoms with Crippen molar-refractivity contribution < 1.29 is 9.90 Å². The summed E-state index contributed by atoms with van der Waals surface area (Å²) in [6.07, 6.45) is 5.16. The van der Waals surface area contributed by atoms with Crippen LogP contribution in [0.15, 0.2) is 48.9 Å². The molecule has 3 aromatic rings. The summed E-state index contributed by atoms with van der Waals surface area (Å²) < 4.78 is 1.90. The van der Waals surface area contributed by atoms with Gasteiger partial charge in [-0.25, -0.2) is 9.97 Å². The zero-order chi connectivity index (χ0) is 16.5. The average Bonchev–Trinajstić information content (AvgIpc) is 3.22. The molecule has 122 valence electrons. The maximum absolute atomic E-state index is 12.2. The number of rotatable bonds is 3. The standard InChI is InChI=1S/C18H18N4O2/c23-16-7-3-4-13(16)18(24)21-12-8-9-17(19-10-12)22-11-20-14-5-1-2-6-15(14)22/h1-2,5-6,8-11,13,16,23H,3-4,7H2,(H,21,24). The lowest BCUT2D eigenvalue weighted by Gasteiger charge is -2.14. The van der Waals surface area contributed by atoms with Gasteiger partial charge in [-0.15, -0.1) is 0 Å². The molecule has 1 saturated carbocycles. The van der Waals surface area contributed by atoms with E-state index in [1.165, 1.54) is 0 Å². The number of anilines is 1. The van der Waals surface area contributed by atoms with Crippen molar-refractivity contribution >= 4 is 22.6 Å². The number of hydrogen-bond acceptors (Lipinski definition) is 4. The molecule has 4 rings (SSSR count). The Morgan fingerprint density at radius 3 is 2.79 bits per heavy atom. The molecule has 1 aromatic carbocycles. The van der Waals surface area contributed by atoms with Crippen LogP contribution in [0, 0.1) is 5.92 Å². The second kappa shape index (κ2) is 6.05. The van der Waals surface area contributed by atoms with Crippen molar-refractivity contribution in [2.24, 2.45) is 5.92 Å². The number of carbonyl (C=O) groups is 1. The topological polar surface area (TPSA) is 80.0 Å². The smallest absolute Gasteiger partial charge is 0.230 e. The van der Waals surface area contributed by atoms with Crippen molar-refractivity contribution in [3.63, 3.8) is 0 Å². The number of para-hydroxylation sites is 2. The van der Waals surface area contributed by atoms with E-state index in [0.29, 0.717) is 12.1 Å². The van der Waals surface area contributed by atoms with E-state index in [-0.39, 0.29) is 11.8 Å². The minimum atomic E-state index is -0.533. The van der Waals surface area contributed by atoms with E-state index in [0.717, 1.165) is 29.7 Å². The number of nitrogens with zero attached hydrogens (tertiary/aromatic N) is 3. The van der Waals surface area contributed by atoms with Gasteiger partial charge in [0.25, 0.3) is 0 Å². The third-order valence-corrected chi connectivity index (χ3v) is 4.53. The van der Waals surface area contributed by atoms with Crippen molar-refractivity contribution in [3.8, 4) is 5.82 Å². The summed E-state index contributed by atoms with van der Waals surface area (Å²) in [4.78, 5) is 21.0. The number of aliphatic hydroxyl groups is 1. The van der Waals surface area contributed by atoms with E-state index in [1.54, 1.807) is 12.5 Å². The molecule has 1 aliphatic carbocycles. The predicted octanol–water partition coefficient (Wildman–Crippen LogP) is 2.52. The molecule has 1 amide bonds. The fourth-order valence-corrected chi connectivity index (χ4v) is 3.23. The summed E-state index contributed by atoms with van der Waals surface area (Å²) in [6, 6.07) is 11.5. The van der Waals surface area contributed by atoms with Crippen LogP contribution in [-0.4, -0.2) is 31.7 Å². The molecular formula is C18H18N4O2. The molecule has 6 nitrogen and oxygen atoms in total. The van der Waals surface area contributed by atoms with Gasteiger partial charge in [-0.1, -0.05) is 12.1 Å². The molecule has 1 fully saturated rings. The molecule has 0 radical (unpaired) electrons. The Morgan fingerprint density at radius 1 is 1.17 bits per heavy atom. The van der Waals surface area contributed by atoms with Gasteiger partial charge in [0.05, 0.1) is 34.9 Å². The highest BCUT2D eigenvalue weighted by Crippen LogP contribution is 2.27. The molecule has 2 N–H and O–H groups in total. The number of pyridine rings is 1. The van der Waals surface area contributed by atoms with Crippen LogP contribution in [0.3, 0.4) is 0 Å². The Bertz CT molecular complexity index is 872. The van der Waals surface area contributed by atoms with Crippen LogP contribution in [-0.2, 0) is 4.79 Å². The molecule has 1 aliphatic rings. The summed E-state index contributed by atoms with van der Waals surface area (Å²) in [5.74, 6) is 0.285. The number of hydrogen-bond donors (Lipinski definition) is 2. The Labute approximate surface area is 139 Å². The van der Waals surface area contributed by atoms with Crippen molar-refractivity contribution in [3.05, 3.63) is 48.9 Å². The van der Waals surface area contributed by atoms with Crippen LogP contribution in [0.5, 0.6) is 0 Å². The van der Waals surface area contributed by atoms with Gasteiger partial charge >= 0.3 is 0 Å². The zero-order valence-electron chi connectivity index (χ0n) is 13.1. The lowest BCUT2D eigenvalue weighted by molar-refractivity contribution is -0.122. The van der Waals surface area contributed by atoms with Crippen LogP contribution in [0.1, 0.15) is 19.3 Å². The lowest BCUT2D eigenvalue weighted by atomic mass is 10.1. The summed E-state index contributed by atoms with van der Waals surface area (Å²) in [5, 5.41) is 12.7. The van der Waals surface area contributed by atoms with Crippen LogP contribution >= 0.6 is 0 Å². The Kier molecular flexibility index (Phi) is 3.74. The molecular weight excluding hydrogens is 304 g/mol. The van der Waals surface area contributed by atoms with Gasteiger partial charge in [-0.2, -0.15) is 0 Å². The molecule has 0 spiro atoms. The molecule has 2 atom stereocenters. The van der Waals surface area contributed by atoms with Gasteiger partial charge in [0.2, 0.25) is 5.91 Å². The lowest BCUT2D eigenvalue weighted by Crippen LogP contribution is -2.28. The maximum atomic E-state index is 12.2. The minimum absolute atomic E-state index is 0.136. The fourth-order valence-electron chi connectivity index (χ4n) is 3.23. The van der Waals surface area contributed by atoms with Gasteiger partial charge < -0.3 is 10.4 Å². The van der Waals surface area contributed by atoms with E-state index in [9.17, 15) is 9.90 Å². The average molecular weight is 322 g/mol. The molecule has 2 unspecified atom stereocenters. The summed E-state index contributed by atoms with van der Waals surface area (Å²) in [7, 11) is 0. The molecule has 0 aliphatic heterocycles. The SMILES string of the molecule is O=C(Nc1ccc(-n2cnc3ccccc32)nc1)C1CCCC1O. The number of imidazole rings is 1. The number of aromatic nitrogens is 3. The van der Waals surface area contributed by atoms with Crippen molar-refractivity contribution in [2.45, 2.75) is 25.4 Å². The highest BCUT2D eigenvalue weighted by atomic mass is 16.3. The number of fused-ring (bicyclic) bond motifs is 1. The molecule has 6 heteroatoms. The van der Waals surface area contributed by atoms with Crippen LogP contribution in [0.4, 0.5) is 5.69 Å². The second-order valence-corrected chi connectivity index (χ2v) is 6.10.